The summed E-state index contributed by atoms with van der Waals surface area (Å²) in [6.45, 7) is -0.0692. The smallest absolute Gasteiger partial charge is 0.312 e. The standard InChI is InChI=1S/C10H14N2O7S/c13-4-6-19-5-3-11-20(17,18)8-1-2-10(14)9(7-8)12(15)16/h1-2,7,11,13-14H,3-6H2. The molecule has 0 spiro atoms. The van der Waals surface area contributed by atoms with Gasteiger partial charge in [0.05, 0.1) is 29.6 Å². The molecule has 20 heavy (non-hydrogen) atoms. The first-order chi connectivity index (χ1) is 9.38. The van der Waals surface area contributed by atoms with E-state index in [9.17, 15) is 23.6 Å². The molecule has 0 amide bonds. The van der Waals surface area contributed by atoms with Crippen LogP contribution in [0.25, 0.3) is 0 Å². The second-order valence-electron chi connectivity index (χ2n) is 3.64. The van der Waals surface area contributed by atoms with Crippen LogP contribution in [0.4, 0.5) is 5.69 Å². The largest absolute Gasteiger partial charge is 0.502 e. The van der Waals surface area contributed by atoms with Crippen molar-refractivity contribution in [2.75, 3.05) is 26.4 Å². The number of nitrogens with one attached hydrogen (secondary N) is 1. The fourth-order valence-electron chi connectivity index (χ4n) is 1.31. The molecule has 112 valence electrons. The van der Waals surface area contributed by atoms with E-state index in [4.69, 9.17) is 9.84 Å². The number of hydrogen-bond acceptors (Lipinski definition) is 7. The number of sulfonamides is 1. The average molecular weight is 306 g/mol. The van der Waals surface area contributed by atoms with Crippen molar-refractivity contribution >= 4 is 15.7 Å². The fourth-order valence-corrected chi connectivity index (χ4v) is 2.35. The SMILES string of the molecule is O=[N+]([O-])c1cc(S(=O)(=O)NCCOCCO)ccc1O. The van der Waals surface area contributed by atoms with Crippen LogP contribution in [0.2, 0.25) is 0 Å². The molecule has 0 bridgehead atoms. The van der Waals surface area contributed by atoms with E-state index >= 15 is 0 Å². The first-order valence-electron chi connectivity index (χ1n) is 5.54. The second-order valence-corrected chi connectivity index (χ2v) is 5.41. The number of phenols is 1. The van der Waals surface area contributed by atoms with Crippen LogP contribution in [0, 0.1) is 10.1 Å². The van der Waals surface area contributed by atoms with Gasteiger partial charge in [-0.2, -0.15) is 0 Å². The van der Waals surface area contributed by atoms with E-state index < -0.39 is 26.4 Å². The van der Waals surface area contributed by atoms with Gasteiger partial charge in [-0.15, -0.1) is 0 Å². The van der Waals surface area contributed by atoms with Crippen molar-refractivity contribution in [1.29, 1.82) is 0 Å². The summed E-state index contributed by atoms with van der Waals surface area (Å²) >= 11 is 0. The van der Waals surface area contributed by atoms with E-state index in [2.05, 4.69) is 4.72 Å². The Labute approximate surface area is 115 Å². The van der Waals surface area contributed by atoms with Crippen molar-refractivity contribution in [1.82, 2.24) is 4.72 Å². The molecule has 1 rings (SSSR count). The third-order valence-electron chi connectivity index (χ3n) is 2.23. The zero-order valence-corrected chi connectivity index (χ0v) is 11.2. The summed E-state index contributed by atoms with van der Waals surface area (Å²) in [4.78, 5) is 9.41. The zero-order valence-electron chi connectivity index (χ0n) is 10.4. The lowest BCUT2D eigenvalue weighted by atomic mass is 10.3. The predicted octanol–water partition coefficient (Wildman–Crippen LogP) is -0.412. The van der Waals surface area contributed by atoms with Gasteiger partial charge < -0.3 is 14.9 Å². The number of nitro benzene ring substituents is 1. The number of hydrogen-bond donors (Lipinski definition) is 3. The first-order valence-corrected chi connectivity index (χ1v) is 7.02. The minimum Gasteiger partial charge on any atom is -0.502 e. The highest BCUT2D eigenvalue weighted by atomic mass is 32.2. The lowest BCUT2D eigenvalue weighted by molar-refractivity contribution is -0.386. The number of benzene rings is 1. The summed E-state index contributed by atoms with van der Waals surface area (Å²) in [7, 11) is -3.93. The molecular formula is C10H14N2O7S. The molecule has 10 heteroatoms. The predicted molar refractivity (Wildman–Crippen MR) is 67.9 cm³/mol. The Morgan fingerprint density at radius 3 is 2.65 bits per heavy atom. The monoisotopic (exact) mass is 306 g/mol. The van der Waals surface area contributed by atoms with Crippen molar-refractivity contribution in [3.8, 4) is 5.75 Å². The van der Waals surface area contributed by atoms with Crippen LogP contribution in [-0.4, -0.2) is 49.9 Å². The molecule has 9 nitrogen and oxygen atoms in total. The molecular weight excluding hydrogens is 292 g/mol. The fraction of sp³-hybridized carbons (Fsp3) is 0.400. The number of rotatable bonds is 8. The van der Waals surface area contributed by atoms with Crippen LogP contribution >= 0.6 is 0 Å². The van der Waals surface area contributed by atoms with Gasteiger partial charge in [-0.25, -0.2) is 13.1 Å². The number of nitrogens with zero attached hydrogens (tertiary/aromatic N) is 1. The molecule has 0 aliphatic rings. The van der Waals surface area contributed by atoms with Gasteiger partial charge in [0.25, 0.3) is 0 Å². The van der Waals surface area contributed by atoms with Crippen LogP contribution in [0.5, 0.6) is 5.75 Å². The molecule has 0 aliphatic carbocycles. The van der Waals surface area contributed by atoms with E-state index in [1.807, 2.05) is 0 Å². The summed E-state index contributed by atoms with van der Waals surface area (Å²) < 4.78 is 30.7. The Balaban J connectivity index is 2.77. The maximum Gasteiger partial charge on any atom is 0.312 e. The Morgan fingerprint density at radius 1 is 1.35 bits per heavy atom. The number of aromatic hydroxyl groups is 1. The highest BCUT2D eigenvalue weighted by Gasteiger charge is 2.20. The minimum absolute atomic E-state index is 0.0446. The quantitative estimate of drug-likeness (QED) is 0.337. The van der Waals surface area contributed by atoms with Crippen LogP contribution in [-0.2, 0) is 14.8 Å². The van der Waals surface area contributed by atoms with Gasteiger partial charge in [0, 0.05) is 12.6 Å². The molecule has 1 aromatic carbocycles. The van der Waals surface area contributed by atoms with E-state index in [0.717, 1.165) is 18.2 Å². The zero-order chi connectivity index (χ0) is 15.2. The maximum absolute atomic E-state index is 11.8. The number of ether oxygens (including phenoxy) is 1. The number of nitro groups is 1. The third kappa shape index (κ3) is 4.42. The summed E-state index contributed by atoms with van der Waals surface area (Å²) in [5.74, 6) is -0.611. The van der Waals surface area contributed by atoms with Crippen molar-refractivity contribution < 1.29 is 28.3 Å². The molecule has 0 saturated carbocycles. The van der Waals surface area contributed by atoms with E-state index in [-0.39, 0.29) is 31.3 Å². The number of aliphatic hydroxyl groups excluding tert-OH is 1. The second kappa shape index (κ2) is 7.14. The number of phenolic OH excluding ortho intramolecular Hbond substituents is 1. The molecule has 0 saturated heterocycles. The normalized spacial score (nSPS) is 11.4. The Morgan fingerprint density at radius 2 is 2.05 bits per heavy atom. The van der Waals surface area contributed by atoms with Crippen LogP contribution in [0.1, 0.15) is 0 Å². The topological polar surface area (TPSA) is 139 Å². The molecule has 0 radical (unpaired) electrons. The summed E-state index contributed by atoms with van der Waals surface area (Å²) in [6.07, 6.45) is 0. The summed E-state index contributed by atoms with van der Waals surface area (Å²) in [5.41, 5.74) is -0.690. The molecule has 0 fully saturated rings. The third-order valence-corrected chi connectivity index (χ3v) is 3.69. The lowest BCUT2D eigenvalue weighted by Gasteiger charge is -2.07. The lowest BCUT2D eigenvalue weighted by Crippen LogP contribution is -2.27. The van der Waals surface area contributed by atoms with Crippen molar-refractivity contribution in [3.05, 3.63) is 28.3 Å². The average Bonchev–Trinajstić information content (AvgIpc) is 2.38. The Kier molecular flexibility index (Phi) is 5.82. The van der Waals surface area contributed by atoms with Gasteiger partial charge >= 0.3 is 5.69 Å². The van der Waals surface area contributed by atoms with Crippen molar-refractivity contribution in [3.63, 3.8) is 0 Å². The van der Waals surface area contributed by atoms with Crippen LogP contribution in [0.15, 0.2) is 23.1 Å². The molecule has 0 unspecified atom stereocenters. The molecule has 1 aromatic rings. The first kappa shape index (κ1) is 16.3. The highest BCUT2D eigenvalue weighted by Crippen LogP contribution is 2.27. The molecule has 0 heterocycles. The van der Waals surface area contributed by atoms with Crippen molar-refractivity contribution in [2.24, 2.45) is 0 Å². The highest BCUT2D eigenvalue weighted by molar-refractivity contribution is 7.89. The minimum atomic E-state index is -3.93. The van der Waals surface area contributed by atoms with Gasteiger partial charge in [-0.3, -0.25) is 10.1 Å². The van der Waals surface area contributed by atoms with Gasteiger partial charge in [0.2, 0.25) is 10.0 Å². The summed E-state index contributed by atoms with van der Waals surface area (Å²) in [6, 6.07) is 2.76. The maximum atomic E-state index is 11.8. The van der Waals surface area contributed by atoms with E-state index in [1.54, 1.807) is 0 Å². The van der Waals surface area contributed by atoms with Crippen LogP contribution in [0.3, 0.4) is 0 Å². The summed E-state index contributed by atoms with van der Waals surface area (Å²) in [5, 5.41) is 28.3. The van der Waals surface area contributed by atoms with E-state index in [0.29, 0.717) is 0 Å². The van der Waals surface area contributed by atoms with E-state index in [1.165, 1.54) is 0 Å². The Hall–Kier alpha value is -1.75. The Bertz CT molecular complexity index is 573. The van der Waals surface area contributed by atoms with Gasteiger partial charge in [0.1, 0.15) is 0 Å². The molecule has 0 atom stereocenters. The van der Waals surface area contributed by atoms with Gasteiger partial charge in [-0.1, -0.05) is 0 Å². The van der Waals surface area contributed by atoms with Crippen LogP contribution < -0.4 is 4.72 Å². The van der Waals surface area contributed by atoms with Gasteiger partial charge in [-0.05, 0) is 12.1 Å². The van der Waals surface area contributed by atoms with Gasteiger partial charge in [0.15, 0.2) is 5.75 Å². The molecule has 0 aromatic heterocycles. The molecule has 0 aliphatic heterocycles. The molecule has 3 N–H and O–H groups in total. The number of aliphatic hydroxyl groups is 1. The van der Waals surface area contributed by atoms with Crippen molar-refractivity contribution in [2.45, 2.75) is 4.90 Å².